The van der Waals surface area contributed by atoms with Crippen molar-refractivity contribution in [3.8, 4) is 0 Å². The van der Waals surface area contributed by atoms with Crippen LogP contribution in [0.5, 0.6) is 0 Å². The first-order valence-electron chi connectivity index (χ1n) is 5.09. The van der Waals surface area contributed by atoms with Crippen LogP contribution >= 0.6 is 27.3 Å². The van der Waals surface area contributed by atoms with E-state index in [4.69, 9.17) is 5.84 Å². The molecular weight excluding hydrogens is 303 g/mol. The number of hydrogen-bond donors (Lipinski definition) is 2. The van der Waals surface area contributed by atoms with E-state index in [9.17, 15) is 4.39 Å². The van der Waals surface area contributed by atoms with E-state index >= 15 is 0 Å². The molecule has 1 aromatic carbocycles. The van der Waals surface area contributed by atoms with Crippen LogP contribution in [0.2, 0.25) is 0 Å². The SMILES string of the molecule is Cc1ccc(C(NN)c2ccc(Br)c(F)c2)s1. The van der Waals surface area contributed by atoms with E-state index in [-0.39, 0.29) is 11.9 Å². The maximum atomic E-state index is 13.5. The fraction of sp³-hybridized carbons (Fsp3) is 0.167. The Bertz CT molecular complexity index is 527. The van der Waals surface area contributed by atoms with E-state index < -0.39 is 0 Å². The zero-order valence-electron chi connectivity index (χ0n) is 9.21. The molecule has 0 aliphatic heterocycles. The summed E-state index contributed by atoms with van der Waals surface area (Å²) >= 11 is 4.79. The molecule has 0 radical (unpaired) electrons. The highest BCUT2D eigenvalue weighted by molar-refractivity contribution is 9.10. The van der Waals surface area contributed by atoms with Gasteiger partial charge in [-0.15, -0.1) is 11.3 Å². The van der Waals surface area contributed by atoms with Gasteiger partial charge in [-0.3, -0.25) is 5.84 Å². The van der Waals surface area contributed by atoms with Crippen LogP contribution in [0, 0.1) is 12.7 Å². The Morgan fingerprint density at radius 1 is 1.35 bits per heavy atom. The number of hydrazine groups is 1. The lowest BCUT2D eigenvalue weighted by Gasteiger charge is -2.15. The van der Waals surface area contributed by atoms with E-state index in [0.717, 1.165) is 10.4 Å². The van der Waals surface area contributed by atoms with Crippen LogP contribution in [0.4, 0.5) is 4.39 Å². The number of nitrogens with one attached hydrogen (secondary N) is 1. The monoisotopic (exact) mass is 314 g/mol. The van der Waals surface area contributed by atoms with Crippen molar-refractivity contribution >= 4 is 27.3 Å². The molecule has 3 N–H and O–H groups in total. The topological polar surface area (TPSA) is 38.0 Å². The van der Waals surface area contributed by atoms with E-state index in [2.05, 4.69) is 21.4 Å². The second-order valence-electron chi connectivity index (χ2n) is 3.72. The van der Waals surface area contributed by atoms with E-state index in [1.165, 1.54) is 10.9 Å². The zero-order valence-corrected chi connectivity index (χ0v) is 11.6. The Labute approximate surface area is 112 Å². The van der Waals surface area contributed by atoms with Crippen LogP contribution < -0.4 is 11.3 Å². The molecule has 1 unspecified atom stereocenters. The summed E-state index contributed by atoms with van der Waals surface area (Å²) in [6.07, 6.45) is 0. The molecule has 0 saturated carbocycles. The average molecular weight is 315 g/mol. The first-order chi connectivity index (χ1) is 8.11. The zero-order chi connectivity index (χ0) is 12.4. The normalized spacial score (nSPS) is 12.7. The van der Waals surface area contributed by atoms with Crippen molar-refractivity contribution < 1.29 is 4.39 Å². The molecule has 2 nitrogen and oxygen atoms in total. The summed E-state index contributed by atoms with van der Waals surface area (Å²) < 4.78 is 13.9. The second kappa shape index (κ2) is 5.27. The van der Waals surface area contributed by atoms with Gasteiger partial charge in [-0.1, -0.05) is 6.07 Å². The molecule has 0 spiro atoms. The van der Waals surface area contributed by atoms with Gasteiger partial charge in [0.05, 0.1) is 10.5 Å². The summed E-state index contributed by atoms with van der Waals surface area (Å²) in [5.41, 5.74) is 3.54. The molecule has 17 heavy (non-hydrogen) atoms. The maximum absolute atomic E-state index is 13.5. The summed E-state index contributed by atoms with van der Waals surface area (Å²) in [6, 6.07) is 8.90. The Balaban J connectivity index is 2.38. The summed E-state index contributed by atoms with van der Waals surface area (Å²) in [4.78, 5) is 2.28. The Kier molecular flexibility index (Phi) is 3.93. The molecule has 90 valence electrons. The van der Waals surface area contributed by atoms with Crippen LogP contribution in [0.3, 0.4) is 0 Å². The minimum Gasteiger partial charge on any atom is -0.271 e. The molecule has 1 heterocycles. The number of aryl methyl sites for hydroxylation is 1. The molecule has 0 aliphatic rings. The number of nitrogens with two attached hydrogens (primary N) is 1. The highest BCUT2D eigenvalue weighted by atomic mass is 79.9. The molecule has 2 rings (SSSR count). The van der Waals surface area contributed by atoms with Gasteiger partial charge in [0, 0.05) is 9.75 Å². The number of benzene rings is 1. The molecule has 0 fully saturated rings. The minimum atomic E-state index is -0.281. The van der Waals surface area contributed by atoms with Crippen molar-refractivity contribution in [3.63, 3.8) is 0 Å². The Hall–Kier alpha value is -0.750. The van der Waals surface area contributed by atoms with Crippen molar-refractivity contribution in [2.75, 3.05) is 0 Å². The third-order valence-electron chi connectivity index (χ3n) is 2.49. The Morgan fingerprint density at radius 2 is 2.12 bits per heavy atom. The molecule has 5 heteroatoms. The highest BCUT2D eigenvalue weighted by Crippen LogP contribution is 2.29. The molecule has 0 bridgehead atoms. The first kappa shape index (κ1) is 12.7. The van der Waals surface area contributed by atoms with Crippen molar-refractivity contribution in [3.05, 3.63) is 55.9 Å². The second-order valence-corrected chi connectivity index (χ2v) is 5.90. The highest BCUT2D eigenvalue weighted by Gasteiger charge is 2.15. The van der Waals surface area contributed by atoms with Gasteiger partial charge in [-0.05, 0) is 52.7 Å². The van der Waals surface area contributed by atoms with Gasteiger partial charge in [-0.25, -0.2) is 9.82 Å². The molecule has 2 aromatic rings. The average Bonchev–Trinajstić information content (AvgIpc) is 2.71. The van der Waals surface area contributed by atoms with Gasteiger partial charge in [0.1, 0.15) is 5.82 Å². The van der Waals surface area contributed by atoms with E-state index in [1.807, 2.05) is 25.1 Å². The fourth-order valence-electron chi connectivity index (χ4n) is 1.64. The van der Waals surface area contributed by atoms with Gasteiger partial charge >= 0.3 is 0 Å². The van der Waals surface area contributed by atoms with Gasteiger partial charge in [0.25, 0.3) is 0 Å². The molecule has 0 amide bonds. The molecule has 1 atom stereocenters. The molecule has 0 saturated heterocycles. The number of rotatable bonds is 3. The van der Waals surface area contributed by atoms with Gasteiger partial charge in [0.15, 0.2) is 0 Å². The molecule has 1 aromatic heterocycles. The third-order valence-corrected chi connectivity index (χ3v) is 4.20. The van der Waals surface area contributed by atoms with Crippen LogP contribution in [-0.4, -0.2) is 0 Å². The lowest BCUT2D eigenvalue weighted by Crippen LogP contribution is -2.28. The predicted molar refractivity (Wildman–Crippen MR) is 72.3 cm³/mol. The van der Waals surface area contributed by atoms with Crippen LogP contribution in [-0.2, 0) is 0 Å². The maximum Gasteiger partial charge on any atom is 0.137 e. The van der Waals surface area contributed by atoms with Crippen LogP contribution in [0.25, 0.3) is 0 Å². The standard InChI is InChI=1S/C12H12BrFN2S/c1-7-2-5-11(17-7)12(16-15)8-3-4-9(13)10(14)6-8/h2-6,12,16H,15H2,1H3. The van der Waals surface area contributed by atoms with E-state index in [1.54, 1.807) is 17.4 Å². The first-order valence-corrected chi connectivity index (χ1v) is 6.70. The summed E-state index contributed by atoms with van der Waals surface area (Å²) in [7, 11) is 0. The number of hydrogen-bond acceptors (Lipinski definition) is 3. The molecule has 0 aliphatic carbocycles. The summed E-state index contributed by atoms with van der Waals surface area (Å²) in [5, 5.41) is 0. The quantitative estimate of drug-likeness (QED) is 0.672. The van der Waals surface area contributed by atoms with E-state index in [0.29, 0.717) is 4.47 Å². The van der Waals surface area contributed by atoms with Gasteiger partial charge < -0.3 is 0 Å². The fourth-order valence-corrected chi connectivity index (χ4v) is 2.86. The van der Waals surface area contributed by atoms with Crippen LogP contribution in [0.15, 0.2) is 34.8 Å². The number of halogens is 2. The van der Waals surface area contributed by atoms with Gasteiger partial charge in [0.2, 0.25) is 0 Å². The predicted octanol–water partition coefficient (Wildman–Crippen LogP) is 3.51. The number of thiophene rings is 1. The lowest BCUT2D eigenvalue weighted by molar-refractivity contribution is 0.603. The largest absolute Gasteiger partial charge is 0.271 e. The third kappa shape index (κ3) is 2.74. The summed E-state index contributed by atoms with van der Waals surface area (Å²) in [5.74, 6) is 5.28. The van der Waals surface area contributed by atoms with Gasteiger partial charge in [-0.2, -0.15) is 0 Å². The Morgan fingerprint density at radius 3 is 2.65 bits per heavy atom. The smallest absolute Gasteiger partial charge is 0.137 e. The van der Waals surface area contributed by atoms with Crippen LogP contribution in [0.1, 0.15) is 21.4 Å². The van der Waals surface area contributed by atoms with Crippen molar-refractivity contribution in [2.45, 2.75) is 13.0 Å². The summed E-state index contributed by atoms with van der Waals surface area (Å²) in [6.45, 7) is 2.03. The lowest BCUT2D eigenvalue weighted by atomic mass is 10.1. The van der Waals surface area contributed by atoms with Crippen molar-refractivity contribution in [2.24, 2.45) is 5.84 Å². The van der Waals surface area contributed by atoms with Crippen molar-refractivity contribution in [1.29, 1.82) is 0 Å². The van der Waals surface area contributed by atoms with Crippen molar-refractivity contribution in [1.82, 2.24) is 5.43 Å². The minimum absolute atomic E-state index is 0.170. The molecular formula is C12H12BrFN2S.